The Morgan fingerprint density at radius 1 is 0.729 bits per heavy atom. The second kappa shape index (κ2) is 21.1. The molecule has 2 atom stereocenters. The van der Waals surface area contributed by atoms with Crippen LogP contribution in [0.4, 0.5) is 0 Å². The van der Waals surface area contributed by atoms with Crippen LogP contribution < -0.4 is 0 Å². The van der Waals surface area contributed by atoms with Crippen LogP contribution in [0.2, 0.25) is 0 Å². The zero-order valence-electron chi connectivity index (χ0n) is 37.4. The van der Waals surface area contributed by atoms with Crippen molar-refractivity contribution in [3.8, 4) is 11.5 Å². The molecule has 329 valence electrons. The molecule has 1 fully saturated rings. The number of rotatable bonds is 11. The van der Waals surface area contributed by atoms with Gasteiger partial charge in [0, 0.05) is 58.7 Å². The fourth-order valence-corrected chi connectivity index (χ4v) is 8.11. The molecule has 2 heterocycles. The van der Waals surface area contributed by atoms with Crippen molar-refractivity contribution < 1.29 is 51.4 Å². The minimum atomic E-state index is -1.31. The molecule has 2 unspecified atom stereocenters. The predicted octanol–water partition coefficient (Wildman–Crippen LogP) is 8.12. The minimum absolute atomic E-state index is 0. The molecule has 12 heteroatoms. The molecule has 2 aromatic carbocycles. The van der Waals surface area contributed by atoms with Crippen molar-refractivity contribution in [2.24, 2.45) is 9.98 Å². The molecule has 11 nitrogen and oxygen atoms in total. The third-order valence-corrected chi connectivity index (χ3v) is 11.5. The molecule has 0 saturated heterocycles. The first kappa shape index (κ1) is 49.5. The van der Waals surface area contributed by atoms with Crippen LogP contribution >= 0.6 is 0 Å². The number of aromatic hydroxyl groups is 2. The summed E-state index contributed by atoms with van der Waals surface area (Å²) >= 11 is 0. The molecule has 1 aliphatic carbocycles. The van der Waals surface area contributed by atoms with E-state index in [0.717, 1.165) is 100 Å². The van der Waals surface area contributed by atoms with Gasteiger partial charge in [-0.1, -0.05) is 87.3 Å². The maximum absolute atomic E-state index is 11.7. The summed E-state index contributed by atoms with van der Waals surface area (Å²) in [6.07, 6.45) is 11.4. The van der Waals surface area contributed by atoms with Gasteiger partial charge in [-0.25, -0.2) is 0 Å². The number of phenols is 2. The normalized spacial score (nSPS) is 19.0. The molecule has 0 aromatic heterocycles. The molecule has 0 spiro atoms. The number of carboxylic acid groups (broad SMARTS) is 2. The Kier molecular flexibility index (Phi) is 17.7. The van der Waals surface area contributed by atoms with Crippen molar-refractivity contribution in [3.63, 3.8) is 0 Å². The third-order valence-electron chi connectivity index (χ3n) is 11.5. The molecule has 5 rings (SSSR count). The predicted molar refractivity (Wildman–Crippen MR) is 235 cm³/mol. The van der Waals surface area contributed by atoms with Gasteiger partial charge in [-0.05, 0) is 77.7 Å². The molecule has 1 radical (unpaired) electrons. The summed E-state index contributed by atoms with van der Waals surface area (Å²) in [5.74, 6) is -0.516. The number of nitrogens with zero attached hydrogens (tertiary/aromatic N) is 5. The molecule has 59 heavy (non-hydrogen) atoms. The number of carboxylic acids is 2. The van der Waals surface area contributed by atoms with Gasteiger partial charge in [0.15, 0.2) is 0 Å². The monoisotopic (exact) mass is 861 g/mol. The molecule has 0 bridgehead atoms. The molecule has 3 aliphatic rings. The van der Waals surface area contributed by atoms with E-state index >= 15 is 0 Å². The van der Waals surface area contributed by atoms with Gasteiger partial charge < -0.3 is 20.4 Å². The maximum atomic E-state index is 11.7. The van der Waals surface area contributed by atoms with Crippen molar-refractivity contribution in [3.05, 3.63) is 57.6 Å². The van der Waals surface area contributed by atoms with E-state index in [0.29, 0.717) is 11.5 Å². The van der Waals surface area contributed by atoms with Crippen molar-refractivity contribution in [1.82, 2.24) is 9.80 Å². The number of carbonyl (C=O) groups is 2. The molecule has 4 N–H and O–H groups in total. The van der Waals surface area contributed by atoms with Gasteiger partial charge >= 0.3 is 17.9 Å². The summed E-state index contributed by atoms with van der Waals surface area (Å²) in [6, 6.07) is 8.67. The van der Waals surface area contributed by atoms with Crippen LogP contribution in [0.25, 0.3) is 0 Å². The number of guanidine groups is 1. The van der Waals surface area contributed by atoms with Gasteiger partial charge in [-0.15, -0.1) is 0 Å². The molecule has 2 aliphatic heterocycles. The molecule has 1 saturated carbocycles. The summed E-state index contributed by atoms with van der Waals surface area (Å²) in [4.78, 5) is 34.2. The van der Waals surface area contributed by atoms with Gasteiger partial charge in [0.1, 0.15) is 17.9 Å². The Balaban J connectivity index is 0.00000107. The summed E-state index contributed by atoms with van der Waals surface area (Å²) in [5.41, 5.74) is 5.69. The van der Waals surface area contributed by atoms with Crippen LogP contribution in [0.15, 0.2) is 34.3 Å². The smallest absolute Gasteiger partial charge is 0.350 e. The van der Waals surface area contributed by atoms with Crippen LogP contribution in [0.3, 0.4) is 0 Å². The van der Waals surface area contributed by atoms with Crippen LogP contribution in [0, 0.1) is 0 Å². The summed E-state index contributed by atoms with van der Waals surface area (Å²) < 4.78 is 2.58. The van der Waals surface area contributed by atoms with Crippen molar-refractivity contribution >= 4 is 30.3 Å². The van der Waals surface area contributed by atoms with E-state index in [4.69, 9.17) is 20.2 Å². The van der Waals surface area contributed by atoms with Crippen LogP contribution in [0.5, 0.6) is 11.5 Å². The van der Waals surface area contributed by atoms with Crippen molar-refractivity contribution in [2.45, 2.75) is 155 Å². The first-order valence-electron chi connectivity index (χ1n) is 21.5. The number of aliphatic carboxylic acids is 2. The molecular weight excluding hydrogens is 789 g/mol. The SMILES string of the molecule is CCN1CCC[N+]2=C1N(CCCc1cc(C(C)(C)C)cc(C=NC3CCCCC3N=Cc3cc(C(C)(C)C)cc(C(C)(C)C)c3O)c1O)CCC2.O=C(O)CC(=O)O.[Co]. The first-order valence-corrected chi connectivity index (χ1v) is 21.5. The number of aryl methyl sites for hydroxylation is 1. The van der Waals surface area contributed by atoms with Gasteiger partial charge in [0.25, 0.3) is 0 Å². The Hall–Kier alpha value is -3.90. The van der Waals surface area contributed by atoms with Gasteiger partial charge in [0.2, 0.25) is 0 Å². The summed E-state index contributed by atoms with van der Waals surface area (Å²) in [7, 11) is 0. The fourth-order valence-electron chi connectivity index (χ4n) is 8.11. The van der Waals surface area contributed by atoms with E-state index in [1.165, 1.54) is 29.9 Å². The van der Waals surface area contributed by atoms with Crippen LogP contribution in [0.1, 0.15) is 154 Å². The maximum Gasteiger partial charge on any atom is 0.350 e. The summed E-state index contributed by atoms with van der Waals surface area (Å²) in [5, 5.41) is 38.4. The Morgan fingerprint density at radius 2 is 1.22 bits per heavy atom. The Bertz CT molecular complexity index is 1840. The standard InChI is InChI=1S/C44H67N5O2.C3H4O4.Co/c1-11-47-21-15-22-49-24-16-23-48(41(47)49)20-14-17-31-25-34(42(2,3)4)26-32(39(31)50)29-45-37-18-12-13-19-38(37)46-30-33-27-35(43(5,6)7)28-36(40(33)51)44(8,9)10;4-2(5)1-3(6)7;/h25-30,37-38H,11-24H2,1-10H3,(H-,45,46,50,51);1H2,(H,4,5)(H,6,7);/p+1. The van der Waals surface area contributed by atoms with Gasteiger partial charge in [-0.2, -0.15) is 0 Å². The number of phenolic OH excluding ortho intramolecular Hbond substituents is 2. The fraction of sp³-hybridized carbons (Fsp3) is 0.638. The topological polar surface area (TPSA) is 149 Å². The largest absolute Gasteiger partial charge is 0.507 e. The van der Waals surface area contributed by atoms with Crippen molar-refractivity contribution in [1.29, 1.82) is 0 Å². The van der Waals surface area contributed by atoms with Crippen LogP contribution in [-0.2, 0) is 49.0 Å². The minimum Gasteiger partial charge on any atom is -0.507 e. The number of aliphatic imine (C=N–C) groups is 2. The summed E-state index contributed by atoms with van der Waals surface area (Å²) in [6.45, 7) is 28.7. The Labute approximate surface area is 363 Å². The van der Waals surface area contributed by atoms with Crippen molar-refractivity contribution in [2.75, 3.05) is 39.3 Å². The van der Waals surface area contributed by atoms with E-state index in [2.05, 4.69) is 108 Å². The molecule has 0 amide bonds. The van der Waals surface area contributed by atoms with E-state index < -0.39 is 18.4 Å². The van der Waals surface area contributed by atoms with E-state index in [-0.39, 0.29) is 45.1 Å². The third kappa shape index (κ3) is 13.8. The first-order chi connectivity index (χ1) is 27.1. The average molecular weight is 862 g/mol. The zero-order chi connectivity index (χ0) is 43.0. The number of hydrogen-bond acceptors (Lipinski definition) is 8. The second-order valence-electron chi connectivity index (χ2n) is 19.4. The second-order valence-corrected chi connectivity index (χ2v) is 19.4. The van der Waals surface area contributed by atoms with Gasteiger partial charge in [-0.3, -0.25) is 33.9 Å². The van der Waals surface area contributed by atoms with E-state index in [1.807, 2.05) is 12.4 Å². The van der Waals surface area contributed by atoms with E-state index in [1.54, 1.807) is 0 Å². The van der Waals surface area contributed by atoms with Gasteiger partial charge in [0.05, 0.1) is 51.4 Å². The van der Waals surface area contributed by atoms with Crippen LogP contribution in [-0.4, -0.2) is 116 Å². The average Bonchev–Trinajstić information content (AvgIpc) is 3.13. The zero-order valence-corrected chi connectivity index (χ0v) is 38.4. The Morgan fingerprint density at radius 3 is 1.68 bits per heavy atom. The number of benzene rings is 2. The number of hydrogen-bond donors (Lipinski definition) is 4. The van der Waals surface area contributed by atoms with E-state index in [9.17, 15) is 19.8 Å². The molecule has 2 aromatic rings. The quantitative estimate of drug-likeness (QED) is 0.101. The molecular formula is C47H72CoN5O6+.